The second-order valence-electron chi connectivity index (χ2n) is 5.39. The number of fused-ring (bicyclic) bond motifs is 1. The first-order chi connectivity index (χ1) is 12.6. The van der Waals surface area contributed by atoms with Gasteiger partial charge in [0.15, 0.2) is 11.8 Å². The summed E-state index contributed by atoms with van der Waals surface area (Å²) in [6, 6.07) is 14.3. The van der Waals surface area contributed by atoms with Gasteiger partial charge in [-0.25, -0.2) is 4.79 Å². The number of nitrogens with zero attached hydrogens (tertiary/aromatic N) is 3. The highest BCUT2D eigenvalue weighted by Crippen LogP contribution is 2.27. The van der Waals surface area contributed by atoms with Crippen LogP contribution in [0.15, 0.2) is 48.7 Å². The van der Waals surface area contributed by atoms with Gasteiger partial charge in [-0.05, 0) is 50.2 Å². The molecule has 0 radical (unpaired) electrons. The van der Waals surface area contributed by atoms with E-state index in [0.29, 0.717) is 29.4 Å². The molecule has 2 aromatic heterocycles. The fraction of sp³-hybridized carbons (Fsp3) is 0.211. The van der Waals surface area contributed by atoms with Crippen LogP contribution in [0.1, 0.15) is 19.5 Å². The smallest absolute Gasteiger partial charge is 0.347 e. The van der Waals surface area contributed by atoms with Crippen LogP contribution in [0.3, 0.4) is 0 Å². The van der Waals surface area contributed by atoms with Gasteiger partial charge in [0.25, 0.3) is 5.88 Å². The average molecular weight is 351 g/mol. The van der Waals surface area contributed by atoms with Crippen molar-refractivity contribution in [3.8, 4) is 23.4 Å². The van der Waals surface area contributed by atoms with Gasteiger partial charge in [0.2, 0.25) is 0 Å². The quantitative estimate of drug-likeness (QED) is 0.633. The second-order valence-corrected chi connectivity index (χ2v) is 5.39. The first kappa shape index (κ1) is 17.3. The lowest BCUT2D eigenvalue weighted by atomic mass is 10.3. The molecule has 3 aromatic rings. The van der Waals surface area contributed by atoms with Crippen molar-refractivity contribution in [1.29, 1.82) is 5.26 Å². The second kappa shape index (κ2) is 7.57. The number of rotatable bonds is 6. The van der Waals surface area contributed by atoms with Gasteiger partial charge in [-0.15, -0.1) is 0 Å². The molecule has 7 heteroatoms. The molecular formula is C19H17N3O4. The van der Waals surface area contributed by atoms with E-state index < -0.39 is 12.1 Å². The molecule has 1 aromatic carbocycles. The maximum atomic E-state index is 11.6. The SMILES string of the molecule is CCOC(=O)C(C)Oc1ccc(Oc2nc3ccccn3c2C#N)cc1. The van der Waals surface area contributed by atoms with Gasteiger partial charge in [0.05, 0.1) is 6.61 Å². The third-order valence-electron chi connectivity index (χ3n) is 3.57. The van der Waals surface area contributed by atoms with Crippen LogP contribution >= 0.6 is 0 Å². The molecule has 1 unspecified atom stereocenters. The van der Waals surface area contributed by atoms with Crippen LogP contribution in [-0.4, -0.2) is 28.1 Å². The van der Waals surface area contributed by atoms with Crippen molar-refractivity contribution < 1.29 is 19.0 Å². The Labute approximate surface area is 150 Å². The highest BCUT2D eigenvalue weighted by atomic mass is 16.6. The van der Waals surface area contributed by atoms with Crippen LogP contribution in [0.5, 0.6) is 17.4 Å². The van der Waals surface area contributed by atoms with E-state index in [9.17, 15) is 10.1 Å². The van der Waals surface area contributed by atoms with Crippen LogP contribution in [0.25, 0.3) is 5.65 Å². The van der Waals surface area contributed by atoms with Crippen molar-refractivity contribution in [2.24, 2.45) is 0 Å². The summed E-state index contributed by atoms with van der Waals surface area (Å²) in [5.41, 5.74) is 0.944. The van der Waals surface area contributed by atoms with Crippen molar-refractivity contribution >= 4 is 11.6 Å². The highest BCUT2D eigenvalue weighted by molar-refractivity contribution is 5.74. The molecule has 0 amide bonds. The molecule has 0 aliphatic carbocycles. The number of hydrogen-bond donors (Lipinski definition) is 0. The predicted molar refractivity (Wildman–Crippen MR) is 93.1 cm³/mol. The van der Waals surface area contributed by atoms with Gasteiger partial charge in [-0.1, -0.05) is 6.07 Å². The molecule has 0 spiro atoms. The molecule has 3 rings (SSSR count). The van der Waals surface area contributed by atoms with E-state index in [1.807, 2.05) is 12.1 Å². The number of pyridine rings is 1. The highest BCUT2D eigenvalue weighted by Gasteiger charge is 2.16. The van der Waals surface area contributed by atoms with E-state index >= 15 is 0 Å². The van der Waals surface area contributed by atoms with E-state index in [2.05, 4.69) is 11.1 Å². The molecule has 2 heterocycles. The first-order valence-electron chi connectivity index (χ1n) is 8.10. The van der Waals surface area contributed by atoms with Gasteiger partial charge < -0.3 is 14.2 Å². The zero-order valence-corrected chi connectivity index (χ0v) is 14.4. The number of esters is 1. The fourth-order valence-electron chi connectivity index (χ4n) is 2.36. The Kier molecular flexibility index (Phi) is 5.04. The average Bonchev–Trinajstić information content (AvgIpc) is 3.00. The van der Waals surface area contributed by atoms with Crippen LogP contribution in [0.2, 0.25) is 0 Å². The minimum absolute atomic E-state index is 0.229. The third-order valence-corrected chi connectivity index (χ3v) is 3.57. The zero-order chi connectivity index (χ0) is 18.5. The lowest BCUT2D eigenvalue weighted by Gasteiger charge is -2.13. The van der Waals surface area contributed by atoms with E-state index in [-0.39, 0.29) is 5.88 Å². The number of aromatic nitrogens is 2. The summed E-state index contributed by atoms with van der Waals surface area (Å²) >= 11 is 0. The molecule has 0 aliphatic heterocycles. The Balaban J connectivity index is 1.74. The number of carbonyl (C=O) groups is 1. The molecule has 0 aliphatic rings. The molecule has 7 nitrogen and oxygen atoms in total. The number of imidazole rings is 1. The molecule has 0 fully saturated rings. The number of benzene rings is 1. The van der Waals surface area contributed by atoms with Gasteiger partial charge in [0, 0.05) is 6.20 Å². The summed E-state index contributed by atoms with van der Waals surface area (Å²) in [6.45, 7) is 3.67. The normalized spacial score (nSPS) is 11.6. The predicted octanol–water partition coefficient (Wildman–Crippen LogP) is 3.33. The molecule has 0 saturated heterocycles. The minimum Gasteiger partial charge on any atom is -0.479 e. The van der Waals surface area contributed by atoms with E-state index in [1.54, 1.807) is 54.8 Å². The Morgan fingerprint density at radius 3 is 2.65 bits per heavy atom. The topological polar surface area (TPSA) is 85.8 Å². The van der Waals surface area contributed by atoms with Crippen LogP contribution in [0, 0.1) is 11.3 Å². The maximum Gasteiger partial charge on any atom is 0.347 e. The zero-order valence-electron chi connectivity index (χ0n) is 14.4. The minimum atomic E-state index is -0.703. The number of carbonyl (C=O) groups excluding carboxylic acids is 1. The number of ether oxygens (including phenoxy) is 3. The molecule has 0 bridgehead atoms. The van der Waals surface area contributed by atoms with Crippen molar-refractivity contribution in [3.63, 3.8) is 0 Å². The molecule has 0 saturated carbocycles. The lowest BCUT2D eigenvalue weighted by Crippen LogP contribution is -2.25. The first-order valence-corrected chi connectivity index (χ1v) is 8.10. The van der Waals surface area contributed by atoms with E-state index in [4.69, 9.17) is 14.2 Å². The van der Waals surface area contributed by atoms with Crippen LogP contribution in [-0.2, 0) is 9.53 Å². The van der Waals surface area contributed by atoms with Crippen LogP contribution < -0.4 is 9.47 Å². The van der Waals surface area contributed by atoms with Crippen LogP contribution in [0.4, 0.5) is 0 Å². The molecular weight excluding hydrogens is 334 g/mol. The van der Waals surface area contributed by atoms with Gasteiger partial charge in [-0.3, -0.25) is 4.40 Å². The monoisotopic (exact) mass is 351 g/mol. The molecule has 0 N–H and O–H groups in total. The number of hydrogen-bond acceptors (Lipinski definition) is 6. The Morgan fingerprint density at radius 1 is 1.23 bits per heavy atom. The van der Waals surface area contributed by atoms with Gasteiger partial charge >= 0.3 is 5.97 Å². The summed E-state index contributed by atoms with van der Waals surface area (Å²) < 4.78 is 17.8. The number of nitriles is 1. The summed E-state index contributed by atoms with van der Waals surface area (Å²) in [6.07, 6.45) is 1.05. The van der Waals surface area contributed by atoms with Crippen molar-refractivity contribution in [2.45, 2.75) is 20.0 Å². The van der Waals surface area contributed by atoms with Gasteiger partial charge in [0.1, 0.15) is 23.2 Å². The van der Waals surface area contributed by atoms with E-state index in [1.165, 1.54) is 0 Å². The van der Waals surface area contributed by atoms with Crippen molar-refractivity contribution in [2.75, 3.05) is 6.61 Å². The summed E-state index contributed by atoms with van der Waals surface area (Å²) in [5, 5.41) is 9.37. The van der Waals surface area contributed by atoms with Gasteiger partial charge in [-0.2, -0.15) is 10.2 Å². The summed E-state index contributed by atoms with van der Waals surface area (Å²) in [5.74, 6) is 0.818. The Hall–Kier alpha value is -3.53. The van der Waals surface area contributed by atoms with E-state index in [0.717, 1.165) is 0 Å². The Bertz CT molecular complexity index is 957. The van der Waals surface area contributed by atoms with Crippen molar-refractivity contribution in [1.82, 2.24) is 9.38 Å². The largest absolute Gasteiger partial charge is 0.479 e. The molecule has 132 valence electrons. The van der Waals surface area contributed by atoms with Crippen molar-refractivity contribution in [3.05, 3.63) is 54.4 Å². The maximum absolute atomic E-state index is 11.6. The molecule has 26 heavy (non-hydrogen) atoms. The fourth-order valence-corrected chi connectivity index (χ4v) is 2.36. The third kappa shape index (κ3) is 3.59. The summed E-state index contributed by atoms with van der Waals surface area (Å²) in [4.78, 5) is 15.9. The Morgan fingerprint density at radius 2 is 1.96 bits per heavy atom. The molecule has 1 atom stereocenters. The lowest BCUT2D eigenvalue weighted by molar-refractivity contribution is -0.150. The summed E-state index contributed by atoms with van der Waals surface area (Å²) in [7, 11) is 0. The standard InChI is InChI=1S/C19H17N3O4/c1-3-24-19(23)13(2)25-14-7-9-15(10-8-14)26-18-16(12-20)22-11-5-4-6-17(22)21-18/h4-11,13H,3H2,1-2H3.